The first-order chi connectivity index (χ1) is 15.0. The topological polar surface area (TPSA) is 79.5 Å². The van der Waals surface area contributed by atoms with Crippen LogP contribution in [0.25, 0.3) is 16.9 Å². The van der Waals surface area contributed by atoms with Gasteiger partial charge in [0.25, 0.3) is 0 Å². The Labute approximate surface area is 192 Å². The number of methoxy groups -OCH3 is 2. The molecule has 0 fully saturated rings. The Morgan fingerprint density at radius 3 is 2.44 bits per heavy atom. The third kappa shape index (κ3) is 4.85. The number of carbonyl (C=O) groups is 1. The van der Waals surface area contributed by atoms with Crippen molar-refractivity contribution in [3.63, 3.8) is 0 Å². The van der Waals surface area contributed by atoms with Crippen molar-refractivity contribution >= 4 is 29.0 Å². The summed E-state index contributed by atoms with van der Waals surface area (Å²) in [5, 5.41) is 9.98. The molecule has 2 aromatic heterocycles. The summed E-state index contributed by atoms with van der Waals surface area (Å²) in [4.78, 5) is 19.8. The maximum absolute atomic E-state index is 11.6. The van der Waals surface area contributed by atoms with E-state index in [4.69, 9.17) is 26.1 Å². The normalized spacial score (nSPS) is 11.5. The third-order valence-corrected chi connectivity index (χ3v) is 5.63. The number of ether oxygens (including phenoxy) is 2. The van der Waals surface area contributed by atoms with Gasteiger partial charge < -0.3 is 28.8 Å². The van der Waals surface area contributed by atoms with E-state index >= 15 is 0 Å². The van der Waals surface area contributed by atoms with Crippen molar-refractivity contribution in [3.8, 4) is 22.8 Å². The molecule has 32 heavy (non-hydrogen) atoms. The molecule has 172 valence electrons. The minimum Gasteiger partial charge on any atom is -0.496 e. The van der Waals surface area contributed by atoms with Crippen LogP contribution >= 0.6 is 11.6 Å². The lowest BCUT2D eigenvalue weighted by molar-refractivity contribution is 0.102. The van der Waals surface area contributed by atoms with Gasteiger partial charge in [0, 0.05) is 61.5 Å². The second kappa shape index (κ2) is 9.16. The number of hydrogen-bond acceptors (Lipinski definition) is 5. The first-order valence-corrected chi connectivity index (χ1v) is 10.5. The zero-order valence-corrected chi connectivity index (χ0v) is 20.0. The number of fused-ring (bicyclic) bond motifs is 1. The van der Waals surface area contributed by atoms with Gasteiger partial charge in [0.05, 0.1) is 24.9 Å². The highest BCUT2D eigenvalue weighted by Crippen LogP contribution is 2.38. The fourth-order valence-electron chi connectivity index (χ4n) is 3.50. The molecule has 1 N–H and O–H groups in total. The second-order valence-electron chi connectivity index (χ2n) is 8.49. The van der Waals surface area contributed by atoms with E-state index in [1.54, 1.807) is 26.4 Å². The summed E-state index contributed by atoms with van der Waals surface area (Å²) >= 11 is 6.32. The van der Waals surface area contributed by atoms with Crippen molar-refractivity contribution in [1.29, 1.82) is 0 Å². The van der Waals surface area contributed by atoms with Gasteiger partial charge in [-0.15, -0.1) is 0 Å². The number of pyridine rings is 1. The molecule has 3 rings (SSSR count). The van der Waals surface area contributed by atoms with Gasteiger partial charge >= 0.3 is 6.09 Å². The molecule has 0 saturated carbocycles. The molecule has 0 aliphatic heterocycles. The molecule has 1 aromatic carbocycles. The summed E-state index contributed by atoms with van der Waals surface area (Å²) in [6.07, 6.45) is 2.91. The molecule has 8 nitrogen and oxygen atoms in total. The Morgan fingerprint density at radius 1 is 1.16 bits per heavy atom. The van der Waals surface area contributed by atoms with Crippen molar-refractivity contribution in [2.45, 2.75) is 26.3 Å². The lowest BCUT2D eigenvalue weighted by Gasteiger charge is -2.34. The second-order valence-corrected chi connectivity index (χ2v) is 8.90. The number of halogens is 1. The first kappa shape index (κ1) is 23.5. The highest BCUT2D eigenvalue weighted by atomic mass is 35.5. The van der Waals surface area contributed by atoms with E-state index < -0.39 is 11.6 Å². The predicted octanol–water partition coefficient (Wildman–Crippen LogP) is 4.89. The fourth-order valence-corrected chi connectivity index (χ4v) is 3.74. The van der Waals surface area contributed by atoms with Crippen LogP contribution in [0.2, 0.25) is 5.02 Å². The minimum absolute atomic E-state index is 0.391. The number of nitrogens with zero attached hydrogens (tertiary/aromatic N) is 4. The summed E-state index contributed by atoms with van der Waals surface area (Å²) in [6, 6.07) is 7.45. The molecule has 9 heteroatoms. The number of amides is 1. The van der Waals surface area contributed by atoms with Crippen LogP contribution in [0.3, 0.4) is 0 Å². The van der Waals surface area contributed by atoms with Crippen LogP contribution in [0.5, 0.6) is 11.5 Å². The molecule has 0 radical (unpaired) electrons. The molecule has 3 aromatic rings. The van der Waals surface area contributed by atoms with Crippen LogP contribution in [0, 0.1) is 0 Å². The van der Waals surface area contributed by atoms with Crippen molar-refractivity contribution in [2.24, 2.45) is 0 Å². The number of aromatic nitrogens is 2. The SMILES string of the molecule is COc1cc(OC)c(-c2cn3ccc(N(C)CCN(C(=O)O)C(C)(C)C)cc3n2)cc1Cl. The summed E-state index contributed by atoms with van der Waals surface area (Å²) in [7, 11) is 5.08. The molecular weight excluding hydrogens is 432 g/mol. The van der Waals surface area contributed by atoms with E-state index in [0.717, 1.165) is 22.6 Å². The number of anilines is 1. The minimum atomic E-state index is -0.925. The molecule has 0 bridgehead atoms. The highest BCUT2D eigenvalue weighted by Gasteiger charge is 2.26. The van der Waals surface area contributed by atoms with Crippen LogP contribution in [-0.2, 0) is 0 Å². The lowest BCUT2D eigenvalue weighted by atomic mass is 10.1. The molecule has 1 amide bonds. The number of rotatable bonds is 7. The van der Waals surface area contributed by atoms with E-state index in [0.29, 0.717) is 29.6 Å². The molecule has 0 unspecified atom stereocenters. The maximum atomic E-state index is 11.6. The molecule has 0 aliphatic rings. The highest BCUT2D eigenvalue weighted by molar-refractivity contribution is 6.32. The first-order valence-electron chi connectivity index (χ1n) is 10.2. The zero-order valence-electron chi connectivity index (χ0n) is 19.2. The van der Waals surface area contributed by atoms with Gasteiger partial charge in [0.15, 0.2) is 0 Å². The van der Waals surface area contributed by atoms with Gasteiger partial charge in [-0.3, -0.25) is 0 Å². The van der Waals surface area contributed by atoms with E-state index in [2.05, 4.69) is 0 Å². The Balaban J connectivity index is 1.87. The van der Waals surface area contributed by atoms with Gasteiger partial charge in [-0.25, -0.2) is 9.78 Å². The van der Waals surface area contributed by atoms with Crippen LogP contribution < -0.4 is 14.4 Å². The smallest absolute Gasteiger partial charge is 0.407 e. The van der Waals surface area contributed by atoms with E-state index in [-0.39, 0.29) is 0 Å². The largest absolute Gasteiger partial charge is 0.496 e. The standard InChI is InChI=1S/C23H29ClN4O4/c1-23(2,3)28(22(29)30)10-9-26(4)15-7-8-27-14-18(25-21(27)11-15)16-12-17(24)20(32-6)13-19(16)31-5/h7-8,11-14H,9-10H2,1-6H3,(H,29,30). The molecule has 0 aliphatic carbocycles. The van der Waals surface area contributed by atoms with Crippen LogP contribution in [-0.4, -0.2) is 65.4 Å². The van der Waals surface area contributed by atoms with Gasteiger partial charge in [-0.2, -0.15) is 0 Å². The summed E-state index contributed by atoms with van der Waals surface area (Å²) < 4.78 is 12.7. The molecule has 2 heterocycles. The zero-order chi connectivity index (χ0) is 23.6. The van der Waals surface area contributed by atoms with E-state index in [1.807, 2.05) is 61.6 Å². The quantitative estimate of drug-likeness (QED) is 0.541. The van der Waals surface area contributed by atoms with Gasteiger partial charge in [-0.05, 0) is 32.9 Å². The Morgan fingerprint density at radius 2 is 1.84 bits per heavy atom. The van der Waals surface area contributed by atoms with Gasteiger partial charge in [-0.1, -0.05) is 11.6 Å². The maximum Gasteiger partial charge on any atom is 0.407 e. The van der Waals surface area contributed by atoms with Crippen molar-refractivity contribution in [2.75, 3.05) is 39.3 Å². The number of hydrogen-bond donors (Lipinski definition) is 1. The summed E-state index contributed by atoms with van der Waals surface area (Å²) in [5.74, 6) is 1.15. The van der Waals surface area contributed by atoms with Gasteiger partial charge in [0.1, 0.15) is 17.1 Å². The monoisotopic (exact) mass is 460 g/mol. The average Bonchev–Trinajstić information content (AvgIpc) is 3.15. The Kier molecular flexibility index (Phi) is 6.74. The summed E-state index contributed by atoms with van der Waals surface area (Å²) in [5.41, 5.74) is 2.71. The third-order valence-electron chi connectivity index (χ3n) is 5.33. The van der Waals surface area contributed by atoms with Crippen molar-refractivity contribution in [1.82, 2.24) is 14.3 Å². The molecular formula is C23H29ClN4O4. The number of likely N-dealkylation sites (N-methyl/N-ethyl adjacent to an activating group) is 1. The van der Waals surface area contributed by atoms with E-state index in [1.165, 1.54) is 4.90 Å². The van der Waals surface area contributed by atoms with Gasteiger partial charge in [0.2, 0.25) is 0 Å². The number of benzene rings is 1. The molecule has 0 saturated heterocycles. The Hall–Kier alpha value is -3.13. The van der Waals surface area contributed by atoms with Crippen LogP contribution in [0.15, 0.2) is 36.7 Å². The number of imidazole rings is 1. The number of carboxylic acid groups (broad SMARTS) is 1. The van der Waals surface area contributed by atoms with Crippen molar-refractivity contribution < 1.29 is 19.4 Å². The van der Waals surface area contributed by atoms with E-state index in [9.17, 15) is 9.90 Å². The predicted molar refractivity (Wildman–Crippen MR) is 126 cm³/mol. The van der Waals surface area contributed by atoms with Crippen LogP contribution in [0.4, 0.5) is 10.5 Å². The fraction of sp³-hybridized carbons (Fsp3) is 0.391. The molecule has 0 atom stereocenters. The van der Waals surface area contributed by atoms with Crippen LogP contribution in [0.1, 0.15) is 20.8 Å². The molecule has 0 spiro atoms. The Bertz CT molecular complexity index is 1120. The lowest BCUT2D eigenvalue weighted by Crippen LogP contribution is -2.48. The summed E-state index contributed by atoms with van der Waals surface area (Å²) in [6.45, 7) is 6.60. The average molecular weight is 461 g/mol. The van der Waals surface area contributed by atoms with Crippen molar-refractivity contribution in [3.05, 3.63) is 41.7 Å².